The number of aryl methyl sites for hydroxylation is 1. The smallest absolute Gasteiger partial charge is 0.0754 e. The highest BCUT2D eigenvalue weighted by molar-refractivity contribution is 5.86. The molecule has 0 amide bonds. The lowest BCUT2D eigenvalue weighted by atomic mass is 10.2. The number of aromatic carboxylic acids is 1. The molecule has 2 heterocycles. The number of benzene rings is 1. The quantitative estimate of drug-likeness (QED) is 0.645. The summed E-state index contributed by atoms with van der Waals surface area (Å²) >= 11 is 0. The van der Waals surface area contributed by atoms with Crippen molar-refractivity contribution < 1.29 is 14.6 Å². The van der Waals surface area contributed by atoms with Crippen LogP contribution < -0.4 is 10.5 Å². The molecule has 1 aliphatic heterocycles. The van der Waals surface area contributed by atoms with Gasteiger partial charge in [0.1, 0.15) is 0 Å². The highest BCUT2D eigenvalue weighted by Gasteiger charge is 2.18. The van der Waals surface area contributed by atoms with Crippen LogP contribution in [-0.2, 0) is 11.3 Å². The number of ether oxygens (including phenoxy) is 1. The van der Waals surface area contributed by atoms with Gasteiger partial charge < -0.3 is 19.2 Å². The first-order chi connectivity index (χ1) is 12.0. The van der Waals surface area contributed by atoms with Crippen LogP contribution >= 0.6 is 0 Å². The van der Waals surface area contributed by atoms with Crippen LogP contribution in [-0.4, -0.2) is 29.5 Å². The molecule has 0 spiro atoms. The fourth-order valence-corrected chi connectivity index (χ4v) is 3.09. The molecular formula is C19H22N3O3-. The van der Waals surface area contributed by atoms with E-state index in [1.54, 1.807) is 18.3 Å². The lowest BCUT2D eigenvalue weighted by Gasteiger charge is -2.14. The summed E-state index contributed by atoms with van der Waals surface area (Å²) in [6, 6.07) is 8.39. The van der Waals surface area contributed by atoms with E-state index in [-0.39, 0.29) is 5.56 Å². The van der Waals surface area contributed by atoms with E-state index in [0.29, 0.717) is 6.10 Å². The van der Waals surface area contributed by atoms with Crippen LogP contribution in [0.1, 0.15) is 40.2 Å². The predicted octanol–water partition coefficient (Wildman–Crippen LogP) is 2.09. The number of hydrogen-bond donors (Lipinski definition) is 1. The van der Waals surface area contributed by atoms with Gasteiger partial charge in [0.05, 0.1) is 24.0 Å². The number of carboxylic acid groups (broad SMARTS) is 1. The van der Waals surface area contributed by atoms with Gasteiger partial charge >= 0.3 is 0 Å². The maximum absolute atomic E-state index is 10.7. The summed E-state index contributed by atoms with van der Waals surface area (Å²) in [6.07, 6.45) is 4.33. The molecule has 3 rings (SSSR count). The van der Waals surface area contributed by atoms with Gasteiger partial charge in [0.15, 0.2) is 0 Å². The van der Waals surface area contributed by atoms with Crippen LogP contribution in [0, 0.1) is 13.8 Å². The SMILES string of the molecule is Cc1cc(/C=N\Nc2ccc(C(=O)[O-])cc2)c(C)n1C[C@H]1CCCO1. The molecule has 6 heteroatoms. The molecule has 1 N–H and O–H groups in total. The first-order valence-electron chi connectivity index (χ1n) is 8.43. The van der Waals surface area contributed by atoms with Crippen molar-refractivity contribution in [2.45, 2.75) is 39.3 Å². The Bertz CT molecular complexity index is 772. The Morgan fingerprint density at radius 1 is 1.40 bits per heavy atom. The molecule has 0 saturated carbocycles. The first kappa shape index (κ1) is 17.2. The zero-order valence-corrected chi connectivity index (χ0v) is 14.5. The summed E-state index contributed by atoms with van der Waals surface area (Å²) in [5.41, 5.74) is 7.17. The van der Waals surface area contributed by atoms with E-state index in [1.165, 1.54) is 17.8 Å². The number of anilines is 1. The van der Waals surface area contributed by atoms with E-state index in [2.05, 4.69) is 35.0 Å². The van der Waals surface area contributed by atoms with E-state index >= 15 is 0 Å². The zero-order chi connectivity index (χ0) is 17.8. The van der Waals surface area contributed by atoms with Gasteiger partial charge in [-0.25, -0.2) is 0 Å². The molecule has 1 aromatic carbocycles. The van der Waals surface area contributed by atoms with Crippen molar-refractivity contribution in [2.75, 3.05) is 12.0 Å². The minimum absolute atomic E-state index is 0.146. The van der Waals surface area contributed by atoms with Crippen molar-refractivity contribution in [3.63, 3.8) is 0 Å². The molecule has 6 nitrogen and oxygen atoms in total. The Balaban J connectivity index is 1.65. The van der Waals surface area contributed by atoms with E-state index in [1.807, 2.05) is 0 Å². The fraction of sp³-hybridized carbons (Fsp3) is 0.368. The average molecular weight is 340 g/mol. The second-order valence-corrected chi connectivity index (χ2v) is 6.31. The molecular weight excluding hydrogens is 318 g/mol. The molecule has 1 atom stereocenters. The third-order valence-corrected chi connectivity index (χ3v) is 4.54. The number of rotatable bonds is 6. The summed E-state index contributed by atoms with van der Waals surface area (Å²) in [4.78, 5) is 10.7. The van der Waals surface area contributed by atoms with Gasteiger partial charge in [-0.05, 0) is 50.5 Å². The number of carbonyl (C=O) groups is 1. The minimum Gasteiger partial charge on any atom is -0.545 e. The Kier molecular flexibility index (Phi) is 5.19. The van der Waals surface area contributed by atoms with Crippen LogP contribution in [0.4, 0.5) is 5.69 Å². The predicted molar refractivity (Wildman–Crippen MR) is 94.9 cm³/mol. The molecule has 1 aromatic heterocycles. The van der Waals surface area contributed by atoms with E-state index < -0.39 is 5.97 Å². The molecule has 1 aliphatic rings. The van der Waals surface area contributed by atoms with E-state index in [9.17, 15) is 9.90 Å². The average Bonchev–Trinajstić information content (AvgIpc) is 3.20. The standard InChI is InChI=1S/C19H23N3O3/c1-13-10-16(14(2)22(13)12-18-4-3-9-25-18)11-20-21-17-7-5-15(6-8-17)19(23)24/h5-8,10-11,18,21H,3-4,9,12H2,1-2H3,(H,23,24)/p-1/b20-11-/t18-/m1/s1. The number of nitrogens with one attached hydrogen (secondary N) is 1. The van der Waals surface area contributed by atoms with Gasteiger partial charge in [0.25, 0.3) is 0 Å². The van der Waals surface area contributed by atoms with Crippen molar-refractivity contribution >= 4 is 17.9 Å². The van der Waals surface area contributed by atoms with Gasteiger partial charge in [-0.15, -0.1) is 0 Å². The molecule has 0 aliphatic carbocycles. The largest absolute Gasteiger partial charge is 0.545 e. The van der Waals surface area contributed by atoms with Gasteiger partial charge in [-0.3, -0.25) is 5.43 Å². The third-order valence-electron chi connectivity index (χ3n) is 4.54. The second-order valence-electron chi connectivity index (χ2n) is 6.31. The van der Waals surface area contributed by atoms with Crippen molar-refractivity contribution in [3.05, 3.63) is 52.8 Å². The Hall–Kier alpha value is -2.60. The summed E-state index contributed by atoms with van der Waals surface area (Å²) in [7, 11) is 0. The number of hydrazone groups is 1. The molecule has 0 radical (unpaired) electrons. The van der Waals surface area contributed by atoms with Crippen LogP contribution in [0.25, 0.3) is 0 Å². The number of nitrogens with zero attached hydrogens (tertiary/aromatic N) is 2. The minimum atomic E-state index is -1.19. The normalized spacial score (nSPS) is 17.3. The fourth-order valence-electron chi connectivity index (χ4n) is 3.09. The lowest BCUT2D eigenvalue weighted by molar-refractivity contribution is -0.255. The monoisotopic (exact) mass is 340 g/mol. The van der Waals surface area contributed by atoms with E-state index in [4.69, 9.17) is 4.74 Å². The molecule has 2 aromatic rings. The van der Waals surface area contributed by atoms with Crippen LogP contribution in [0.5, 0.6) is 0 Å². The summed E-state index contributed by atoms with van der Waals surface area (Å²) in [6.45, 7) is 5.91. The molecule has 0 unspecified atom stereocenters. The Morgan fingerprint density at radius 3 is 2.80 bits per heavy atom. The van der Waals surface area contributed by atoms with Gasteiger partial charge in [0.2, 0.25) is 0 Å². The van der Waals surface area contributed by atoms with Gasteiger partial charge in [0, 0.05) is 30.1 Å². The van der Waals surface area contributed by atoms with Crippen molar-refractivity contribution in [1.82, 2.24) is 4.57 Å². The highest BCUT2D eigenvalue weighted by atomic mass is 16.5. The Labute approximate surface area is 147 Å². The lowest BCUT2D eigenvalue weighted by Crippen LogP contribution is -2.21. The highest BCUT2D eigenvalue weighted by Crippen LogP contribution is 2.19. The molecule has 25 heavy (non-hydrogen) atoms. The number of carboxylic acids is 1. The van der Waals surface area contributed by atoms with Crippen LogP contribution in [0.3, 0.4) is 0 Å². The van der Waals surface area contributed by atoms with Crippen LogP contribution in [0.15, 0.2) is 35.4 Å². The second kappa shape index (κ2) is 7.53. The van der Waals surface area contributed by atoms with Crippen molar-refractivity contribution in [2.24, 2.45) is 5.10 Å². The molecule has 132 valence electrons. The maximum Gasteiger partial charge on any atom is 0.0754 e. The van der Waals surface area contributed by atoms with Gasteiger partial charge in [-0.2, -0.15) is 5.10 Å². The van der Waals surface area contributed by atoms with Crippen molar-refractivity contribution in [3.8, 4) is 0 Å². The van der Waals surface area contributed by atoms with Gasteiger partial charge in [-0.1, -0.05) is 12.1 Å². The maximum atomic E-state index is 10.7. The number of carbonyl (C=O) groups excluding carboxylic acids is 1. The number of aromatic nitrogens is 1. The first-order valence-corrected chi connectivity index (χ1v) is 8.43. The summed E-state index contributed by atoms with van der Waals surface area (Å²) < 4.78 is 8.00. The molecule has 1 saturated heterocycles. The third kappa shape index (κ3) is 4.09. The van der Waals surface area contributed by atoms with Crippen LogP contribution in [0.2, 0.25) is 0 Å². The van der Waals surface area contributed by atoms with Crippen molar-refractivity contribution in [1.29, 1.82) is 0 Å². The molecule has 1 fully saturated rings. The van der Waals surface area contributed by atoms with E-state index in [0.717, 1.165) is 42.9 Å². The topological polar surface area (TPSA) is 78.7 Å². The summed E-state index contributed by atoms with van der Waals surface area (Å²) in [5.74, 6) is -1.19. The zero-order valence-electron chi connectivity index (χ0n) is 14.5. The summed E-state index contributed by atoms with van der Waals surface area (Å²) in [5, 5.41) is 15.0. The molecule has 0 bridgehead atoms. The number of hydrogen-bond acceptors (Lipinski definition) is 5. The Morgan fingerprint density at radius 2 is 2.16 bits per heavy atom.